The molecular formula is C23H18F5N7O4. The second-order valence-electron chi connectivity index (χ2n) is 8.95. The van der Waals surface area contributed by atoms with E-state index in [4.69, 9.17) is 0 Å². The fraction of sp³-hybridized carbons (Fsp3) is 0.304. The number of hydrogen-bond acceptors (Lipinski definition) is 7. The zero-order valence-corrected chi connectivity index (χ0v) is 20.1. The lowest BCUT2D eigenvalue weighted by Gasteiger charge is -2.21. The molecule has 4 aromatic rings. The molecule has 1 unspecified atom stereocenters. The summed E-state index contributed by atoms with van der Waals surface area (Å²) in [6.45, 7) is 2.44. The van der Waals surface area contributed by atoms with Crippen molar-refractivity contribution in [2.24, 2.45) is 0 Å². The lowest BCUT2D eigenvalue weighted by molar-refractivity contribution is -0.146. The zero-order chi connectivity index (χ0) is 28.3. The van der Waals surface area contributed by atoms with Crippen LogP contribution in [-0.4, -0.2) is 54.6 Å². The minimum Gasteiger partial charge on any atom is -0.448 e. The van der Waals surface area contributed by atoms with Crippen molar-refractivity contribution in [3.63, 3.8) is 0 Å². The van der Waals surface area contributed by atoms with Gasteiger partial charge < -0.3 is 19.8 Å². The Labute approximate surface area is 214 Å². The normalized spacial score (nSPS) is 19.6. The third-order valence-corrected chi connectivity index (χ3v) is 6.33. The predicted octanol–water partition coefficient (Wildman–Crippen LogP) is 3.22. The van der Waals surface area contributed by atoms with Crippen LogP contribution in [0.15, 0.2) is 24.8 Å². The van der Waals surface area contributed by atoms with Gasteiger partial charge in [-0.15, -0.1) is 0 Å². The van der Waals surface area contributed by atoms with E-state index in [0.29, 0.717) is 0 Å². The van der Waals surface area contributed by atoms with Crippen LogP contribution in [0, 0.1) is 5.82 Å². The van der Waals surface area contributed by atoms with Crippen LogP contribution in [0.5, 0.6) is 0 Å². The van der Waals surface area contributed by atoms with Gasteiger partial charge in [-0.25, -0.2) is 13.8 Å². The number of fused-ring (bicyclic) bond motifs is 2. The standard InChI is InChI=1S/C23H18F5N7O4/c1-9(31-10(2)37)16-19(25)18(23(26,27)28)17(11-4-30-34-20(11)16)12-6-35-7-14(32-15(35)5-29-12)33-21(38)22(39-8-36)3-13(22)24/h4-9,13H,3H2,1-2H3,(H,30,34)(H,31,37)(H,33,38)/t9?,13-,22+/m0/s1. The SMILES string of the molecule is CC(=O)NC(C)c1c(F)c(C(F)(F)F)c(-c2cn3cc(NC(=O)[C@@]4(OC=O)C[C@@H]4F)nc3cn2)c2cn[nH]c12. The molecule has 0 bridgehead atoms. The number of carbonyl (C=O) groups is 3. The lowest BCUT2D eigenvalue weighted by Crippen LogP contribution is -2.35. The first-order valence-corrected chi connectivity index (χ1v) is 11.3. The predicted molar refractivity (Wildman–Crippen MR) is 123 cm³/mol. The third-order valence-electron chi connectivity index (χ3n) is 6.33. The van der Waals surface area contributed by atoms with Crippen LogP contribution in [0.25, 0.3) is 27.8 Å². The quantitative estimate of drug-likeness (QED) is 0.236. The second-order valence-corrected chi connectivity index (χ2v) is 8.95. The first-order valence-electron chi connectivity index (χ1n) is 11.3. The molecule has 2 amide bonds. The molecule has 0 spiro atoms. The van der Waals surface area contributed by atoms with Gasteiger partial charge in [0, 0.05) is 36.1 Å². The Kier molecular flexibility index (Phi) is 5.99. The number of anilines is 1. The van der Waals surface area contributed by atoms with Gasteiger partial charge in [0.1, 0.15) is 11.4 Å². The Bertz CT molecular complexity index is 1650. The number of imidazole rings is 1. The number of nitrogens with one attached hydrogen (secondary N) is 3. The number of aromatic amines is 1. The van der Waals surface area contributed by atoms with Gasteiger partial charge in [-0.05, 0) is 6.92 Å². The van der Waals surface area contributed by atoms with Crippen molar-refractivity contribution in [3.8, 4) is 11.3 Å². The van der Waals surface area contributed by atoms with E-state index in [2.05, 4.69) is 35.5 Å². The van der Waals surface area contributed by atoms with Crippen molar-refractivity contribution in [3.05, 3.63) is 41.7 Å². The number of aromatic nitrogens is 5. The van der Waals surface area contributed by atoms with Gasteiger partial charge >= 0.3 is 6.18 Å². The molecule has 16 heteroatoms. The summed E-state index contributed by atoms with van der Waals surface area (Å²) in [4.78, 5) is 42.7. The average molecular weight is 551 g/mol. The maximum Gasteiger partial charge on any atom is 0.419 e. The zero-order valence-electron chi connectivity index (χ0n) is 20.1. The number of alkyl halides is 4. The Morgan fingerprint density at radius 2 is 2.03 bits per heavy atom. The van der Waals surface area contributed by atoms with Crippen molar-refractivity contribution in [2.75, 3.05) is 5.32 Å². The summed E-state index contributed by atoms with van der Waals surface area (Å²) in [6, 6.07) is -1.13. The fourth-order valence-corrected chi connectivity index (χ4v) is 4.50. The van der Waals surface area contributed by atoms with Crippen LogP contribution in [-0.2, 0) is 25.3 Å². The third kappa shape index (κ3) is 4.30. The van der Waals surface area contributed by atoms with Crippen molar-refractivity contribution < 1.29 is 41.1 Å². The number of halogens is 5. The molecule has 3 N–H and O–H groups in total. The highest BCUT2D eigenvalue weighted by Crippen LogP contribution is 2.45. The summed E-state index contributed by atoms with van der Waals surface area (Å²) in [6.07, 6.45) is -2.67. The second kappa shape index (κ2) is 8.99. The molecule has 3 heterocycles. The van der Waals surface area contributed by atoms with Gasteiger partial charge in [-0.1, -0.05) is 0 Å². The van der Waals surface area contributed by atoms with E-state index in [1.54, 1.807) is 0 Å². The molecule has 3 atom stereocenters. The van der Waals surface area contributed by atoms with Crippen LogP contribution < -0.4 is 10.6 Å². The van der Waals surface area contributed by atoms with E-state index in [0.717, 1.165) is 25.5 Å². The minimum absolute atomic E-state index is 0.0464. The molecule has 1 aliphatic carbocycles. The first-order chi connectivity index (χ1) is 18.4. The van der Waals surface area contributed by atoms with Crippen molar-refractivity contribution in [1.82, 2.24) is 29.9 Å². The topological polar surface area (TPSA) is 143 Å². The highest BCUT2D eigenvalue weighted by molar-refractivity contribution is 6.01. The highest BCUT2D eigenvalue weighted by atomic mass is 19.4. The molecule has 0 radical (unpaired) electrons. The summed E-state index contributed by atoms with van der Waals surface area (Å²) in [5.41, 5.74) is -4.91. The number of ether oxygens (including phenoxy) is 1. The molecule has 1 fully saturated rings. The van der Waals surface area contributed by atoms with Gasteiger partial charge in [-0.3, -0.25) is 24.5 Å². The maximum absolute atomic E-state index is 15.6. The molecule has 11 nitrogen and oxygen atoms in total. The molecule has 1 aromatic carbocycles. The van der Waals surface area contributed by atoms with Gasteiger partial charge in [0.15, 0.2) is 17.6 Å². The molecular weight excluding hydrogens is 533 g/mol. The first kappa shape index (κ1) is 26.0. The van der Waals surface area contributed by atoms with Gasteiger partial charge in [0.25, 0.3) is 12.4 Å². The number of rotatable bonds is 7. The molecule has 204 valence electrons. The van der Waals surface area contributed by atoms with Crippen molar-refractivity contribution in [2.45, 2.75) is 44.3 Å². The van der Waals surface area contributed by atoms with Crippen LogP contribution in [0.1, 0.15) is 37.4 Å². The number of carbonyl (C=O) groups excluding carboxylic acids is 3. The molecule has 1 saturated carbocycles. The number of nitrogens with zero attached hydrogens (tertiary/aromatic N) is 4. The van der Waals surface area contributed by atoms with E-state index in [9.17, 15) is 31.9 Å². The number of hydrogen-bond donors (Lipinski definition) is 3. The van der Waals surface area contributed by atoms with E-state index >= 15 is 4.39 Å². The monoisotopic (exact) mass is 551 g/mol. The number of benzene rings is 1. The molecule has 0 saturated heterocycles. The summed E-state index contributed by atoms with van der Waals surface area (Å²) in [5, 5.41) is 10.9. The Morgan fingerprint density at radius 1 is 1.31 bits per heavy atom. The summed E-state index contributed by atoms with van der Waals surface area (Å²) < 4.78 is 78.0. The Balaban J connectivity index is 1.61. The molecule has 39 heavy (non-hydrogen) atoms. The van der Waals surface area contributed by atoms with Crippen LogP contribution in [0.2, 0.25) is 0 Å². The van der Waals surface area contributed by atoms with Crippen molar-refractivity contribution in [1.29, 1.82) is 0 Å². The molecule has 3 aromatic heterocycles. The fourth-order valence-electron chi connectivity index (χ4n) is 4.50. The minimum atomic E-state index is -5.17. The van der Waals surface area contributed by atoms with E-state index in [1.165, 1.54) is 17.5 Å². The molecule has 0 aliphatic heterocycles. The molecule has 5 rings (SSSR count). The summed E-state index contributed by atoms with van der Waals surface area (Å²) >= 11 is 0. The van der Waals surface area contributed by atoms with Crippen LogP contribution >= 0.6 is 0 Å². The largest absolute Gasteiger partial charge is 0.448 e. The number of amides is 2. The Morgan fingerprint density at radius 3 is 2.64 bits per heavy atom. The summed E-state index contributed by atoms with van der Waals surface area (Å²) in [7, 11) is 0. The van der Waals surface area contributed by atoms with Crippen molar-refractivity contribution >= 4 is 40.7 Å². The lowest BCUT2D eigenvalue weighted by atomic mass is 9.92. The highest BCUT2D eigenvalue weighted by Gasteiger charge is 2.64. The van der Waals surface area contributed by atoms with Crippen LogP contribution in [0.4, 0.5) is 27.8 Å². The smallest absolute Gasteiger partial charge is 0.419 e. The number of H-pyrrole nitrogens is 1. The van der Waals surface area contributed by atoms with E-state index in [-0.39, 0.29) is 41.0 Å². The molecule has 1 aliphatic rings. The van der Waals surface area contributed by atoms with Gasteiger partial charge in [0.05, 0.1) is 35.8 Å². The van der Waals surface area contributed by atoms with Gasteiger partial charge in [0.2, 0.25) is 11.5 Å². The summed E-state index contributed by atoms with van der Waals surface area (Å²) in [5.74, 6) is -3.28. The van der Waals surface area contributed by atoms with E-state index in [1.807, 2.05) is 0 Å². The average Bonchev–Trinajstić information content (AvgIpc) is 3.17. The maximum atomic E-state index is 15.6. The Hall–Kier alpha value is -4.63. The van der Waals surface area contributed by atoms with E-state index < -0.39 is 58.3 Å². The van der Waals surface area contributed by atoms with Gasteiger partial charge in [-0.2, -0.15) is 18.3 Å². The van der Waals surface area contributed by atoms with Crippen LogP contribution in [0.3, 0.4) is 0 Å².